The van der Waals surface area contributed by atoms with Crippen LogP contribution in [0.1, 0.15) is 23.9 Å². The normalized spacial score (nSPS) is 10.9. The summed E-state index contributed by atoms with van der Waals surface area (Å²) in [6.45, 7) is 3.77. The van der Waals surface area contributed by atoms with E-state index in [-0.39, 0.29) is 18.1 Å². The first kappa shape index (κ1) is 21.7. The number of carbonyl (C=O) groups is 1. The summed E-state index contributed by atoms with van der Waals surface area (Å²) in [6, 6.07) is 18.4. The number of carbonyl (C=O) groups excluding carboxylic acids is 1. The van der Waals surface area contributed by atoms with Gasteiger partial charge in [-0.1, -0.05) is 31.2 Å². The van der Waals surface area contributed by atoms with Gasteiger partial charge < -0.3 is 14.6 Å². The van der Waals surface area contributed by atoms with Crippen molar-refractivity contribution in [1.29, 1.82) is 0 Å². The van der Waals surface area contributed by atoms with Gasteiger partial charge in [0.25, 0.3) is 11.5 Å². The van der Waals surface area contributed by atoms with Crippen LogP contribution in [0.5, 0.6) is 5.75 Å². The highest BCUT2D eigenvalue weighted by Crippen LogP contribution is 2.29. The Balaban J connectivity index is 1.39. The molecule has 0 saturated carbocycles. The highest BCUT2D eigenvalue weighted by atomic mass is 32.2. The van der Waals surface area contributed by atoms with Crippen molar-refractivity contribution in [3.63, 3.8) is 0 Å². The highest BCUT2D eigenvalue weighted by Gasteiger charge is 2.11. The lowest BCUT2D eigenvalue weighted by Gasteiger charge is -2.11. The maximum atomic E-state index is 12.4. The first-order chi connectivity index (χ1) is 15.5. The van der Waals surface area contributed by atoms with Gasteiger partial charge in [-0.25, -0.2) is 4.98 Å². The van der Waals surface area contributed by atoms with Crippen LogP contribution in [0.4, 0.5) is 5.69 Å². The largest absolute Gasteiger partial charge is 0.484 e. The molecule has 0 aliphatic rings. The van der Waals surface area contributed by atoms with Crippen LogP contribution in [0.25, 0.3) is 5.65 Å². The molecule has 0 atom stereocenters. The Morgan fingerprint density at radius 3 is 2.72 bits per heavy atom. The summed E-state index contributed by atoms with van der Waals surface area (Å²) in [6.07, 6.45) is 0.954. The highest BCUT2D eigenvalue weighted by molar-refractivity contribution is 7.98. The van der Waals surface area contributed by atoms with Gasteiger partial charge in [-0.15, -0.1) is 16.3 Å². The lowest BCUT2D eigenvalue weighted by Crippen LogP contribution is -2.20. The molecule has 0 spiro atoms. The van der Waals surface area contributed by atoms with Crippen molar-refractivity contribution in [1.82, 2.24) is 9.56 Å². The second-order valence-electron chi connectivity index (χ2n) is 7.20. The van der Waals surface area contributed by atoms with Gasteiger partial charge in [-0.3, -0.25) is 9.59 Å². The third-order valence-electron chi connectivity index (χ3n) is 4.76. The van der Waals surface area contributed by atoms with Crippen molar-refractivity contribution in [2.24, 2.45) is 0 Å². The topological polar surface area (TPSA) is 85.8 Å². The Kier molecular flexibility index (Phi) is 6.61. The summed E-state index contributed by atoms with van der Waals surface area (Å²) in [4.78, 5) is 30.0. The zero-order chi connectivity index (χ0) is 22.5. The van der Waals surface area contributed by atoms with Gasteiger partial charge in [-0.05, 0) is 43.2 Å². The Bertz CT molecular complexity index is 1290. The molecule has 0 bridgehead atoms. The lowest BCUT2D eigenvalue weighted by atomic mass is 10.2. The Morgan fingerprint density at radius 1 is 1.16 bits per heavy atom. The minimum atomic E-state index is -0.260. The summed E-state index contributed by atoms with van der Waals surface area (Å²) in [5.74, 6) is 1.51. The van der Waals surface area contributed by atoms with Gasteiger partial charge in [0.2, 0.25) is 0 Å². The monoisotopic (exact) mass is 449 g/mol. The molecule has 2 aromatic heterocycles. The SMILES string of the molecule is CCc1ccc(OCC(=O)Nc2ccccc2SCc2cc(=O)n3oc(C)cc3n2)cc1. The van der Waals surface area contributed by atoms with Gasteiger partial charge in [0.15, 0.2) is 12.3 Å². The smallest absolute Gasteiger partial charge is 0.287 e. The van der Waals surface area contributed by atoms with Crippen molar-refractivity contribution in [2.75, 3.05) is 11.9 Å². The second kappa shape index (κ2) is 9.74. The fourth-order valence-electron chi connectivity index (χ4n) is 3.15. The van der Waals surface area contributed by atoms with Crippen molar-refractivity contribution in [2.45, 2.75) is 30.9 Å². The van der Waals surface area contributed by atoms with Gasteiger partial charge in [0.05, 0.1) is 11.4 Å². The third-order valence-corrected chi connectivity index (χ3v) is 5.87. The number of thioether (sulfide) groups is 1. The Labute approximate surface area is 189 Å². The van der Waals surface area contributed by atoms with Gasteiger partial charge in [0.1, 0.15) is 11.5 Å². The fraction of sp³-hybridized carbons (Fsp3) is 0.208. The van der Waals surface area contributed by atoms with E-state index < -0.39 is 0 Å². The number of ether oxygens (including phenoxy) is 1. The van der Waals surface area contributed by atoms with E-state index >= 15 is 0 Å². The zero-order valence-electron chi connectivity index (χ0n) is 17.8. The molecule has 164 valence electrons. The second-order valence-corrected chi connectivity index (χ2v) is 8.22. The van der Waals surface area contributed by atoms with E-state index in [9.17, 15) is 9.59 Å². The van der Waals surface area contributed by atoms with Crippen LogP contribution in [0.2, 0.25) is 0 Å². The van der Waals surface area contributed by atoms with Crippen LogP contribution in [0.3, 0.4) is 0 Å². The summed E-state index contributed by atoms with van der Waals surface area (Å²) in [7, 11) is 0. The number of anilines is 1. The van der Waals surface area contributed by atoms with E-state index in [4.69, 9.17) is 9.26 Å². The minimum Gasteiger partial charge on any atom is -0.484 e. The van der Waals surface area contributed by atoms with Gasteiger partial charge in [0, 0.05) is 22.8 Å². The van der Waals surface area contributed by atoms with Crippen LogP contribution in [0, 0.1) is 6.92 Å². The van der Waals surface area contributed by atoms with Crippen LogP contribution in [0.15, 0.2) is 74.9 Å². The molecule has 4 aromatic rings. The zero-order valence-corrected chi connectivity index (χ0v) is 18.6. The predicted molar refractivity (Wildman–Crippen MR) is 124 cm³/mol. The molecule has 7 nitrogen and oxygen atoms in total. The molecule has 0 radical (unpaired) electrons. The fourth-order valence-corrected chi connectivity index (χ4v) is 4.05. The molecule has 1 N–H and O–H groups in total. The summed E-state index contributed by atoms with van der Waals surface area (Å²) >= 11 is 1.49. The van der Waals surface area contributed by atoms with Crippen molar-refractivity contribution >= 4 is 29.0 Å². The van der Waals surface area contributed by atoms with E-state index in [1.807, 2.05) is 48.5 Å². The average Bonchev–Trinajstić information content (AvgIpc) is 3.18. The maximum absolute atomic E-state index is 12.4. The van der Waals surface area contributed by atoms with Gasteiger partial charge in [-0.2, -0.15) is 0 Å². The number of fused-ring (bicyclic) bond motifs is 1. The molecule has 8 heteroatoms. The number of aryl methyl sites for hydroxylation is 2. The number of nitrogens with one attached hydrogen (secondary N) is 1. The van der Waals surface area contributed by atoms with Crippen LogP contribution >= 0.6 is 11.8 Å². The molecule has 0 unspecified atom stereocenters. The molecule has 32 heavy (non-hydrogen) atoms. The van der Waals surface area contributed by atoms with Gasteiger partial charge >= 0.3 is 0 Å². The Hall–Kier alpha value is -3.52. The quantitative estimate of drug-likeness (QED) is 0.400. The maximum Gasteiger partial charge on any atom is 0.287 e. The molecule has 2 aromatic carbocycles. The number of rotatable bonds is 8. The number of hydrogen-bond acceptors (Lipinski definition) is 6. The van der Waals surface area contributed by atoms with Crippen LogP contribution < -0.4 is 15.6 Å². The minimum absolute atomic E-state index is 0.0840. The molecule has 0 aliphatic carbocycles. The first-order valence-corrected chi connectivity index (χ1v) is 11.2. The van der Waals surface area contributed by atoms with E-state index in [0.29, 0.717) is 34.3 Å². The lowest BCUT2D eigenvalue weighted by molar-refractivity contribution is -0.118. The molecule has 1 amide bonds. The average molecular weight is 450 g/mol. The number of aromatic nitrogens is 2. The Morgan fingerprint density at radius 2 is 1.94 bits per heavy atom. The van der Waals surface area contributed by atoms with Crippen LogP contribution in [-0.2, 0) is 17.0 Å². The molecular weight excluding hydrogens is 426 g/mol. The van der Waals surface area contributed by atoms with Crippen LogP contribution in [-0.4, -0.2) is 22.1 Å². The molecule has 4 rings (SSSR count). The van der Waals surface area contributed by atoms with E-state index in [2.05, 4.69) is 17.2 Å². The number of amides is 1. The molecule has 0 saturated heterocycles. The van der Waals surface area contributed by atoms with E-state index in [1.54, 1.807) is 13.0 Å². The van der Waals surface area contributed by atoms with Crippen molar-refractivity contribution < 1.29 is 14.1 Å². The van der Waals surface area contributed by atoms with E-state index in [1.165, 1.54) is 28.0 Å². The number of hydrogen-bond donors (Lipinski definition) is 1. The third kappa shape index (κ3) is 5.20. The molecule has 0 aliphatic heterocycles. The summed E-state index contributed by atoms with van der Waals surface area (Å²) in [5.41, 5.74) is 2.76. The van der Waals surface area contributed by atoms with E-state index in [0.717, 1.165) is 11.3 Å². The first-order valence-electron chi connectivity index (χ1n) is 10.2. The molecule has 2 heterocycles. The number of para-hydroxylation sites is 1. The summed E-state index contributed by atoms with van der Waals surface area (Å²) in [5, 5.41) is 2.90. The number of benzene rings is 2. The van der Waals surface area contributed by atoms with Crippen molar-refractivity contribution in [3.8, 4) is 5.75 Å². The predicted octanol–water partition coefficient (Wildman–Crippen LogP) is 4.47. The summed E-state index contributed by atoms with van der Waals surface area (Å²) < 4.78 is 12.1. The standard InChI is InChI=1S/C24H23N3O4S/c1-3-17-8-10-19(11-9-17)30-14-23(28)26-20-6-4-5-7-21(20)32-15-18-13-24(29)27-22(25-18)12-16(2)31-27/h4-13H,3,14-15H2,1-2H3,(H,26,28). The molecular formula is C24H23N3O4S. The van der Waals surface area contributed by atoms with Crippen molar-refractivity contribution in [3.05, 3.63) is 88.0 Å². The molecule has 0 fully saturated rings. The number of nitrogens with zero attached hydrogens (tertiary/aromatic N) is 2.